The van der Waals surface area contributed by atoms with E-state index in [9.17, 15) is 0 Å². The molecule has 1 nitrogen and oxygen atoms in total. The lowest BCUT2D eigenvalue weighted by Crippen LogP contribution is -2.22. The molecule has 0 bridgehead atoms. The zero-order valence-electron chi connectivity index (χ0n) is 2.93. The fraction of sp³-hybridized carbons (Fsp3) is 0.333. The molecule has 0 aromatic rings. The molecule has 0 N–H and O–H groups in total. The summed E-state index contributed by atoms with van der Waals surface area (Å²) in [6.07, 6.45) is 0.713. The van der Waals surface area contributed by atoms with Gasteiger partial charge in [-0.3, -0.25) is 0 Å². The summed E-state index contributed by atoms with van der Waals surface area (Å²) in [6, 6.07) is 0. The fourth-order valence-corrected chi connectivity index (χ4v) is 0.844. The summed E-state index contributed by atoms with van der Waals surface area (Å²) in [7, 11) is 0. The first-order chi connectivity index (χ1) is 2.79. The molecular formula is C3H2OS2. The van der Waals surface area contributed by atoms with E-state index in [-0.39, 0.29) is 0 Å². The summed E-state index contributed by atoms with van der Waals surface area (Å²) < 4.78 is 4.60. The second-order valence-corrected chi connectivity index (χ2v) is 1.93. The molecule has 1 aliphatic rings. The lowest BCUT2D eigenvalue weighted by Gasteiger charge is -2.14. The highest BCUT2D eigenvalue weighted by Gasteiger charge is 2.15. The van der Waals surface area contributed by atoms with Crippen molar-refractivity contribution in [1.29, 1.82) is 0 Å². The van der Waals surface area contributed by atoms with Crippen LogP contribution in [0, 0.1) is 0 Å². The summed E-state index contributed by atoms with van der Waals surface area (Å²) in [5.41, 5.74) is 0. The Morgan fingerprint density at radius 2 is 1.67 bits per heavy atom. The fourth-order valence-electron chi connectivity index (χ4n) is 0.236. The monoisotopic (exact) mass is 118 g/mol. The SMILES string of the molecule is S=C1CC(=S)O1. The Hall–Kier alpha value is -0.0200. The number of hydrogen-bond acceptors (Lipinski definition) is 3. The predicted molar refractivity (Wildman–Crippen MR) is 30.9 cm³/mol. The maximum absolute atomic E-state index is 4.60. The molecule has 1 aliphatic heterocycles. The summed E-state index contributed by atoms with van der Waals surface area (Å²) in [5.74, 6) is 0. The van der Waals surface area contributed by atoms with E-state index in [0.29, 0.717) is 16.5 Å². The van der Waals surface area contributed by atoms with Crippen LogP contribution < -0.4 is 0 Å². The Bertz CT molecular complexity index is 85.4. The zero-order chi connectivity index (χ0) is 4.57. The van der Waals surface area contributed by atoms with E-state index in [2.05, 4.69) is 29.2 Å². The minimum atomic E-state index is 0.625. The lowest BCUT2D eigenvalue weighted by atomic mass is 10.4. The molecule has 0 spiro atoms. The van der Waals surface area contributed by atoms with Crippen molar-refractivity contribution < 1.29 is 4.74 Å². The van der Waals surface area contributed by atoms with Crippen molar-refractivity contribution in [2.24, 2.45) is 0 Å². The van der Waals surface area contributed by atoms with Gasteiger partial charge in [0, 0.05) is 0 Å². The highest BCUT2D eigenvalue weighted by Crippen LogP contribution is 2.06. The first kappa shape index (κ1) is 4.15. The van der Waals surface area contributed by atoms with Crippen molar-refractivity contribution in [1.82, 2.24) is 0 Å². The molecule has 1 rings (SSSR count). The molecular weight excluding hydrogens is 116 g/mol. The molecule has 0 amide bonds. The minimum absolute atomic E-state index is 0.625. The molecule has 1 saturated heterocycles. The van der Waals surface area contributed by atoms with Gasteiger partial charge in [-0.2, -0.15) is 0 Å². The highest BCUT2D eigenvalue weighted by atomic mass is 32.1. The third-order valence-electron chi connectivity index (χ3n) is 0.516. The van der Waals surface area contributed by atoms with Crippen LogP contribution in [0.1, 0.15) is 6.42 Å². The third-order valence-corrected chi connectivity index (χ3v) is 0.972. The van der Waals surface area contributed by atoms with Crippen LogP contribution in [0.3, 0.4) is 0 Å². The first-order valence-corrected chi connectivity index (χ1v) is 2.34. The van der Waals surface area contributed by atoms with Gasteiger partial charge in [-0.1, -0.05) is 0 Å². The zero-order valence-corrected chi connectivity index (χ0v) is 4.56. The normalized spacial score (nSPS) is 19.3. The van der Waals surface area contributed by atoms with E-state index >= 15 is 0 Å². The molecule has 32 valence electrons. The molecule has 0 saturated carbocycles. The van der Waals surface area contributed by atoms with E-state index in [1.54, 1.807) is 0 Å². The predicted octanol–water partition coefficient (Wildman–Crippen LogP) is 1.06. The van der Waals surface area contributed by atoms with Gasteiger partial charge in [-0.15, -0.1) is 0 Å². The van der Waals surface area contributed by atoms with Crippen LogP contribution in [-0.2, 0) is 4.74 Å². The van der Waals surface area contributed by atoms with Crippen molar-refractivity contribution in [3.63, 3.8) is 0 Å². The molecule has 0 radical (unpaired) electrons. The minimum Gasteiger partial charge on any atom is -0.442 e. The van der Waals surface area contributed by atoms with Crippen LogP contribution in [0.25, 0.3) is 0 Å². The van der Waals surface area contributed by atoms with Gasteiger partial charge in [-0.05, 0) is 24.4 Å². The molecule has 1 fully saturated rings. The third kappa shape index (κ3) is 0.555. The van der Waals surface area contributed by atoms with E-state index in [1.807, 2.05) is 0 Å². The van der Waals surface area contributed by atoms with Gasteiger partial charge >= 0.3 is 0 Å². The summed E-state index contributed by atoms with van der Waals surface area (Å²) in [5, 5.41) is 1.25. The molecule has 6 heavy (non-hydrogen) atoms. The molecule has 0 aliphatic carbocycles. The molecule has 0 atom stereocenters. The Morgan fingerprint density at radius 1 is 1.33 bits per heavy atom. The Kier molecular flexibility index (Phi) is 0.856. The molecule has 0 aromatic heterocycles. The largest absolute Gasteiger partial charge is 0.442 e. The smallest absolute Gasteiger partial charge is 0.176 e. The van der Waals surface area contributed by atoms with Gasteiger partial charge < -0.3 is 4.74 Å². The van der Waals surface area contributed by atoms with E-state index in [0.717, 1.165) is 0 Å². The quantitative estimate of drug-likeness (QED) is 0.440. The maximum atomic E-state index is 4.60. The van der Waals surface area contributed by atoms with Crippen LogP contribution >= 0.6 is 24.4 Å². The number of thiocarbonyl (C=S) groups is 2. The first-order valence-electron chi connectivity index (χ1n) is 1.52. The Balaban J connectivity index is 2.47. The van der Waals surface area contributed by atoms with Crippen LogP contribution in [0.15, 0.2) is 0 Å². The van der Waals surface area contributed by atoms with Gasteiger partial charge in [-0.25, -0.2) is 0 Å². The average Bonchev–Trinajstić information content (AvgIpc) is 1.33. The topological polar surface area (TPSA) is 9.23 Å². The molecule has 1 heterocycles. The Labute approximate surface area is 46.3 Å². The number of hydrogen-bond donors (Lipinski definition) is 0. The second kappa shape index (κ2) is 1.24. The summed E-state index contributed by atoms with van der Waals surface area (Å²) in [6.45, 7) is 0. The lowest BCUT2D eigenvalue weighted by molar-refractivity contribution is 0.503. The standard InChI is InChI=1S/C3H2OS2/c5-2-1-3(6)4-2/h1H2. The molecule has 3 heteroatoms. The number of ether oxygens (including phenoxy) is 1. The average molecular weight is 118 g/mol. The van der Waals surface area contributed by atoms with Crippen molar-refractivity contribution in [2.75, 3.05) is 0 Å². The van der Waals surface area contributed by atoms with Crippen molar-refractivity contribution in [2.45, 2.75) is 6.42 Å². The summed E-state index contributed by atoms with van der Waals surface area (Å²) in [4.78, 5) is 0. The van der Waals surface area contributed by atoms with Crippen LogP contribution in [-0.4, -0.2) is 10.1 Å². The van der Waals surface area contributed by atoms with Gasteiger partial charge in [0.2, 0.25) is 0 Å². The highest BCUT2D eigenvalue weighted by molar-refractivity contribution is 7.83. The van der Waals surface area contributed by atoms with Gasteiger partial charge in [0.15, 0.2) is 10.1 Å². The number of rotatable bonds is 0. The molecule has 0 aromatic carbocycles. The summed E-state index contributed by atoms with van der Waals surface area (Å²) >= 11 is 9.10. The van der Waals surface area contributed by atoms with E-state index in [4.69, 9.17) is 0 Å². The maximum Gasteiger partial charge on any atom is 0.176 e. The van der Waals surface area contributed by atoms with Gasteiger partial charge in [0.25, 0.3) is 0 Å². The Morgan fingerprint density at radius 3 is 1.67 bits per heavy atom. The van der Waals surface area contributed by atoms with E-state index in [1.165, 1.54) is 0 Å². The van der Waals surface area contributed by atoms with Crippen LogP contribution in [0.2, 0.25) is 0 Å². The van der Waals surface area contributed by atoms with Gasteiger partial charge in [0.05, 0.1) is 6.42 Å². The molecule has 0 unspecified atom stereocenters. The van der Waals surface area contributed by atoms with Crippen LogP contribution in [0.4, 0.5) is 0 Å². The van der Waals surface area contributed by atoms with Crippen molar-refractivity contribution in [3.8, 4) is 0 Å². The van der Waals surface area contributed by atoms with Crippen molar-refractivity contribution in [3.05, 3.63) is 0 Å². The van der Waals surface area contributed by atoms with Crippen LogP contribution in [0.5, 0.6) is 0 Å². The van der Waals surface area contributed by atoms with Crippen molar-refractivity contribution >= 4 is 34.5 Å². The van der Waals surface area contributed by atoms with E-state index < -0.39 is 0 Å². The van der Waals surface area contributed by atoms with Gasteiger partial charge in [0.1, 0.15) is 0 Å². The second-order valence-electron chi connectivity index (χ2n) is 1.02.